The molecule has 0 spiro atoms. The zero-order valence-electron chi connectivity index (χ0n) is 16.1. The first-order chi connectivity index (χ1) is 12.7. The van der Waals surface area contributed by atoms with Crippen LogP contribution in [0.4, 0.5) is 5.95 Å². The van der Waals surface area contributed by atoms with Gasteiger partial charge in [-0.25, -0.2) is 9.97 Å². The third-order valence-corrected chi connectivity index (χ3v) is 5.55. The van der Waals surface area contributed by atoms with Crippen LogP contribution in [0.1, 0.15) is 10.9 Å². The number of nitrogens with one attached hydrogen (secondary N) is 1. The van der Waals surface area contributed by atoms with Crippen LogP contribution in [0.25, 0.3) is 0 Å². The van der Waals surface area contributed by atoms with Crippen molar-refractivity contribution in [2.75, 3.05) is 58.8 Å². The van der Waals surface area contributed by atoms with E-state index in [-0.39, 0.29) is 24.0 Å². The lowest BCUT2D eigenvalue weighted by atomic mass is 10.2. The Balaban J connectivity index is 0.00000261. The molecular formula is C18H28IN7S. The Labute approximate surface area is 182 Å². The summed E-state index contributed by atoms with van der Waals surface area (Å²) < 4.78 is 0. The van der Waals surface area contributed by atoms with Gasteiger partial charge in [0, 0.05) is 57.0 Å². The highest BCUT2D eigenvalue weighted by Crippen LogP contribution is 2.22. The third kappa shape index (κ3) is 5.76. The first-order valence-electron chi connectivity index (χ1n) is 8.86. The predicted octanol–water partition coefficient (Wildman–Crippen LogP) is 2.16. The molecule has 0 bridgehead atoms. The monoisotopic (exact) mass is 501 g/mol. The normalized spacial score (nSPS) is 16.2. The number of hydrogen-bond donors (Lipinski definition) is 1. The minimum absolute atomic E-state index is 0. The van der Waals surface area contributed by atoms with Crippen molar-refractivity contribution in [2.24, 2.45) is 4.99 Å². The van der Waals surface area contributed by atoms with E-state index in [1.165, 1.54) is 4.88 Å². The van der Waals surface area contributed by atoms with Gasteiger partial charge in [-0.15, -0.1) is 35.3 Å². The highest BCUT2D eigenvalue weighted by Gasteiger charge is 2.22. The van der Waals surface area contributed by atoms with Crippen LogP contribution in [0.5, 0.6) is 0 Å². The molecule has 148 valence electrons. The molecule has 2 aromatic rings. The fourth-order valence-electron chi connectivity index (χ4n) is 3.11. The van der Waals surface area contributed by atoms with E-state index in [2.05, 4.69) is 66.6 Å². The summed E-state index contributed by atoms with van der Waals surface area (Å²) in [7, 11) is 6.09. The second-order valence-electron chi connectivity index (χ2n) is 6.45. The van der Waals surface area contributed by atoms with E-state index in [1.54, 1.807) is 23.7 Å². The molecule has 0 aromatic carbocycles. The maximum atomic E-state index is 4.49. The number of thiophene rings is 1. The summed E-state index contributed by atoms with van der Waals surface area (Å²) in [5.41, 5.74) is 0. The molecule has 27 heavy (non-hydrogen) atoms. The molecule has 0 aliphatic carbocycles. The smallest absolute Gasteiger partial charge is 0.225 e. The highest BCUT2D eigenvalue weighted by molar-refractivity contribution is 14.0. The first kappa shape index (κ1) is 21.8. The molecule has 3 heterocycles. The van der Waals surface area contributed by atoms with Gasteiger partial charge in [0.2, 0.25) is 5.95 Å². The van der Waals surface area contributed by atoms with Gasteiger partial charge in [0.1, 0.15) is 0 Å². The molecule has 1 saturated heterocycles. The molecule has 7 nitrogen and oxygen atoms in total. The number of rotatable bonds is 5. The predicted molar refractivity (Wildman–Crippen MR) is 123 cm³/mol. The van der Waals surface area contributed by atoms with Gasteiger partial charge in [-0.3, -0.25) is 4.99 Å². The Bertz CT molecular complexity index is 685. The lowest BCUT2D eigenvalue weighted by molar-refractivity contribution is 0.296. The first-order valence-corrected chi connectivity index (χ1v) is 9.74. The Kier molecular flexibility index (Phi) is 8.71. The van der Waals surface area contributed by atoms with Crippen LogP contribution in [-0.4, -0.2) is 79.6 Å². The molecule has 1 atom stereocenters. The number of piperazine rings is 1. The minimum Gasteiger partial charge on any atom is -0.354 e. The van der Waals surface area contributed by atoms with Crippen LogP contribution < -0.4 is 10.2 Å². The maximum Gasteiger partial charge on any atom is 0.225 e. The van der Waals surface area contributed by atoms with Crippen molar-refractivity contribution in [1.82, 2.24) is 25.1 Å². The van der Waals surface area contributed by atoms with E-state index in [4.69, 9.17) is 0 Å². The molecule has 1 unspecified atom stereocenters. The third-order valence-electron chi connectivity index (χ3n) is 4.57. The number of aliphatic imine (C=N–C) groups is 1. The maximum absolute atomic E-state index is 4.49. The molecule has 1 N–H and O–H groups in total. The summed E-state index contributed by atoms with van der Waals surface area (Å²) in [6.07, 6.45) is 3.59. The summed E-state index contributed by atoms with van der Waals surface area (Å²) >= 11 is 1.80. The lowest BCUT2D eigenvalue weighted by Crippen LogP contribution is -2.53. The highest BCUT2D eigenvalue weighted by atomic mass is 127. The van der Waals surface area contributed by atoms with Crippen molar-refractivity contribution in [2.45, 2.75) is 6.04 Å². The molecule has 0 radical (unpaired) electrons. The van der Waals surface area contributed by atoms with E-state index >= 15 is 0 Å². The van der Waals surface area contributed by atoms with Crippen LogP contribution in [0.3, 0.4) is 0 Å². The van der Waals surface area contributed by atoms with Crippen LogP contribution in [-0.2, 0) is 0 Å². The lowest BCUT2D eigenvalue weighted by Gasteiger charge is -2.37. The summed E-state index contributed by atoms with van der Waals surface area (Å²) in [6.45, 7) is 4.44. The minimum atomic E-state index is 0. The van der Waals surface area contributed by atoms with Crippen LogP contribution in [0.2, 0.25) is 0 Å². The van der Waals surface area contributed by atoms with Gasteiger partial charge < -0.3 is 20.0 Å². The molecule has 1 fully saturated rings. The number of aromatic nitrogens is 2. The summed E-state index contributed by atoms with van der Waals surface area (Å²) in [6, 6.07) is 6.49. The summed E-state index contributed by atoms with van der Waals surface area (Å²) in [5, 5.41) is 5.69. The fourth-order valence-corrected chi connectivity index (χ4v) is 4.03. The number of nitrogens with zero attached hydrogens (tertiary/aromatic N) is 6. The van der Waals surface area contributed by atoms with Crippen molar-refractivity contribution in [1.29, 1.82) is 0 Å². The SMILES string of the molecule is CN=C(NCC(c1cccs1)N(C)C)N1CCN(c2ncccn2)CC1.I. The standard InChI is InChI=1S/C18H27N7S.HI/c1-19-17(22-14-15(23(2)3)16-6-4-13-26-16)24-9-11-25(12-10-24)18-20-7-5-8-21-18;/h4-8,13,15H,9-12,14H2,1-3H3,(H,19,22);1H. The number of anilines is 1. The molecule has 0 amide bonds. The zero-order valence-corrected chi connectivity index (χ0v) is 19.2. The van der Waals surface area contributed by atoms with Gasteiger partial charge in [0.25, 0.3) is 0 Å². The largest absolute Gasteiger partial charge is 0.354 e. The topological polar surface area (TPSA) is 59.9 Å². The Morgan fingerprint density at radius 1 is 1.22 bits per heavy atom. The van der Waals surface area contributed by atoms with Gasteiger partial charge in [0.05, 0.1) is 6.04 Å². The second-order valence-corrected chi connectivity index (χ2v) is 7.43. The van der Waals surface area contributed by atoms with Crippen molar-refractivity contribution < 1.29 is 0 Å². The molecule has 0 saturated carbocycles. The van der Waals surface area contributed by atoms with Crippen LogP contribution >= 0.6 is 35.3 Å². The molecule has 2 aromatic heterocycles. The number of hydrogen-bond acceptors (Lipinski definition) is 6. The van der Waals surface area contributed by atoms with Gasteiger partial charge in [-0.2, -0.15) is 0 Å². The fraction of sp³-hybridized carbons (Fsp3) is 0.500. The molecule has 9 heteroatoms. The van der Waals surface area contributed by atoms with Gasteiger partial charge in [0.15, 0.2) is 5.96 Å². The average Bonchev–Trinajstić information content (AvgIpc) is 3.20. The van der Waals surface area contributed by atoms with Gasteiger partial charge >= 0.3 is 0 Å². The Hall–Kier alpha value is -1.46. The molecule has 3 rings (SSSR count). The van der Waals surface area contributed by atoms with Crippen molar-refractivity contribution in [3.8, 4) is 0 Å². The number of guanidine groups is 1. The van der Waals surface area contributed by atoms with E-state index < -0.39 is 0 Å². The van der Waals surface area contributed by atoms with E-state index in [9.17, 15) is 0 Å². The average molecular weight is 501 g/mol. The zero-order chi connectivity index (χ0) is 18.4. The Morgan fingerprint density at radius 2 is 1.93 bits per heavy atom. The number of likely N-dealkylation sites (N-methyl/N-ethyl adjacent to an activating group) is 1. The van der Waals surface area contributed by atoms with Crippen molar-refractivity contribution in [3.63, 3.8) is 0 Å². The summed E-state index contributed by atoms with van der Waals surface area (Å²) in [5.74, 6) is 1.77. The van der Waals surface area contributed by atoms with E-state index in [0.29, 0.717) is 6.04 Å². The Morgan fingerprint density at radius 3 is 2.48 bits per heavy atom. The second kappa shape index (κ2) is 10.8. The van der Waals surface area contributed by atoms with Gasteiger partial charge in [-0.1, -0.05) is 6.07 Å². The van der Waals surface area contributed by atoms with E-state index in [0.717, 1.165) is 44.6 Å². The quantitative estimate of drug-likeness (QED) is 0.385. The number of halogens is 1. The molecule has 1 aliphatic rings. The van der Waals surface area contributed by atoms with E-state index in [1.807, 2.05) is 13.1 Å². The van der Waals surface area contributed by atoms with Crippen molar-refractivity contribution >= 4 is 47.2 Å². The molecular weight excluding hydrogens is 473 g/mol. The van der Waals surface area contributed by atoms with Crippen LogP contribution in [0, 0.1) is 0 Å². The van der Waals surface area contributed by atoms with Crippen LogP contribution in [0.15, 0.2) is 41.0 Å². The molecule has 1 aliphatic heterocycles. The van der Waals surface area contributed by atoms with Gasteiger partial charge in [-0.05, 0) is 31.6 Å². The van der Waals surface area contributed by atoms with Crippen molar-refractivity contribution in [3.05, 3.63) is 40.8 Å². The summed E-state index contributed by atoms with van der Waals surface area (Å²) in [4.78, 5) is 21.3.